The van der Waals surface area contributed by atoms with E-state index in [1.54, 1.807) is 0 Å². The van der Waals surface area contributed by atoms with Crippen LogP contribution in [0, 0.1) is 6.92 Å². The van der Waals surface area contributed by atoms with E-state index < -0.39 is 0 Å². The zero-order chi connectivity index (χ0) is 15.7. The van der Waals surface area contributed by atoms with Crippen molar-refractivity contribution >= 4 is 28.7 Å². The number of hydrogen-bond donors (Lipinski definition) is 1. The summed E-state index contributed by atoms with van der Waals surface area (Å²) >= 11 is 1.46. The zero-order valence-electron chi connectivity index (χ0n) is 13.1. The fourth-order valence-corrected chi connectivity index (χ4v) is 3.56. The number of morpholine rings is 1. The summed E-state index contributed by atoms with van der Waals surface area (Å²) in [5.74, 6) is 0.543. The van der Waals surface area contributed by atoms with E-state index in [1.165, 1.54) is 17.3 Å². The number of carbonyl (C=O) groups excluding carboxylic acids is 1. The number of rotatable bonds is 3. The van der Waals surface area contributed by atoms with Gasteiger partial charge in [0, 0.05) is 13.1 Å². The molecular weight excluding hydrogens is 298 g/mol. The van der Waals surface area contributed by atoms with E-state index >= 15 is 0 Å². The Morgan fingerprint density at radius 3 is 2.86 bits per heavy atom. The Hall–Kier alpha value is -1.53. The van der Waals surface area contributed by atoms with Crippen molar-refractivity contribution in [2.45, 2.75) is 38.1 Å². The third-order valence-electron chi connectivity index (χ3n) is 3.72. The van der Waals surface area contributed by atoms with Gasteiger partial charge in [0.1, 0.15) is 0 Å². The maximum Gasteiger partial charge on any atom is 0.233 e. The van der Waals surface area contributed by atoms with Crippen molar-refractivity contribution in [2.75, 3.05) is 18.8 Å². The average Bonchev–Trinajstić information content (AvgIpc) is 2.85. The largest absolute Gasteiger partial charge is 0.372 e. The number of amides is 1. The third kappa shape index (κ3) is 3.44. The van der Waals surface area contributed by atoms with E-state index in [1.807, 2.05) is 30.9 Å². The maximum absolute atomic E-state index is 12.3. The molecule has 2 aromatic rings. The van der Waals surface area contributed by atoms with Gasteiger partial charge < -0.3 is 14.6 Å². The molecule has 1 fully saturated rings. The van der Waals surface area contributed by atoms with Gasteiger partial charge in [-0.1, -0.05) is 17.8 Å². The number of imidazole rings is 1. The number of nitrogens with zero attached hydrogens (tertiary/aromatic N) is 2. The van der Waals surface area contributed by atoms with Gasteiger partial charge in [-0.2, -0.15) is 0 Å². The number of aryl methyl sites for hydroxylation is 1. The first kappa shape index (κ1) is 15.4. The van der Waals surface area contributed by atoms with Crippen LogP contribution in [0.25, 0.3) is 11.0 Å². The summed E-state index contributed by atoms with van der Waals surface area (Å²) in [4.78, 5) is 22.0. The van der Waals surface area contributed by atoms with Gasteiger partial charge in [0.2, 0.25) is 5.91 Å². The first-order chi connectivity index (χ1) is 10.5. The second-order valence-electron chi connectivity index (χ2n) is 5.91. The summed E-state index contributed by atoms with van der Waals surface area (Å²) in [5, 5.41) is 0.795. The Morgan fingerprint density at radius 1 is 1.41 bits per heavy atom. The predicted molar refractivity (Wildman–Crippen MR) is 88.1 cm³/mol. The lowest BCUT2D eigenvalue weighted by atomic mass is 10.2. The molecule has 0 radical (unpaired) electrons. The number of carbonyl (C=O) groups is 1. The second-order valence-corrected chi connectivity index (χ2v) is 6.87. The average molecular weight is 319 g/mol. The molecule has 3 rings (SSSR count). The Morgan fingerprint density at radius 2 is 2.14 bits per heavy atom. The molecule has 2 atom stereocenters. The van der Waals surface area contributed by atoms with E-state index in [-0.39, 0.29) is 18.1 Å². The first-order valence-electron chi connectivity index (χ1n) is 7.53. The maximum atomic E-state index is 12.3. The van der Waals surface area contributed by atoms with Gasteiger partial charge >= 0.3 is 0 Å². The molecule has 1 amide bonds. The van der Waals surface area contributed by atoms with E-state index in [2.05, 4.69) is 23.0 Å². The molecule has 22 heavy (non-hydrogen) atoms. The van der Waals surface area contributed by atoms with Crippen LogP contribution < -0.4 is 0 Å². The molecule has 0 saturated carbocycles. The Kier molecular flexibility index (Phi) is 4.40. The third-order valence-corrected chi connectivity index (χ3v) is 4.58. The molecule has 0 bridgehead atoms. The van der Waals surface area contributed by atoms with Crippen LogP contribution in [0.5, 0.6) is 0 Å². The van der Waals surface area contributed by atoms with Crippen LogP contribution in [0.15, 0.2) is 23.4 Å². The van der Waals surface area contributed by atoms with Crippen molar-refractivity contribution in [1.82, 2.24) is 14.9 Å². The lowest BCUT2D eigenvalue weighted by Gasteiger charge is -2.35. The molecule has 1 N–H and O–H groups in total. The number of hydrogen-bond acceptors (Lipinski definition) is 4. The quantitative estimate of drug-likeness (QED) is 0.884. The monoisotopic (exact) mass is 319 g/mol. The van der Waals surface area contributed by atoms with Crippen molar-refractivity contribution in [2.24, 2.45) is 0 Å². The highest BCUT2D eigenvalue weighted by Crippen LogP contribution is 2.21. The van der Waals surface area contributed by atoms with Gasteiger partial charge in [0.05, 0.1) is 29.0 Å². The molecule has 0 spiro atoms. The lowest BCUT2D eigenvalue weighted by Crippen LogP contribution is -2.48. The molecule has 1 aromatic heterocycles. The smallest absolute Gasteiger partial charge is 0.233 e. The molecule has 5 nitrogen and oxygen atoms in total. The van der Waals surface area contributed by atoms with Crippen molar-refractivity contribution in [3.63, 3.8) is 0 Å². The molecule has 1 aliphatic rings. The first-order valence-corrected chi connectivity index (χ1v) is 8.52. The Labute approximate surface area is 134 Å². The lowest BCUT2D eigenvalue weighted by molar-refractivity contribution is -0.140. The van der Waals surface area contributed by atoms with Gasteiger partial charge in [0.15, 0.2) is 5.16 Å². The van der Waals surface area contributed by atoms with E-state index in [9.17, 15) is 4.79 Å². The van der Waals surface area contributed by atoms with Crippen molar-refractivity contribution < 1.29 is 9.53 Å². The number of H-pyrrole nitrogens is 1. The van der Waals surface area contributed by atoms with E-state index in [0.29, 0.717) is 18.8 Å². The fraction of sp³-hybridized carbons (Fsp3) is 0.500. The highest BCUT2D eigenvalue weighted by molar-refractivity contribution is 7.99. The highest BCUT2D eigenvalue weighted by Gasteiger charge is 2.25. The minimum absolute atomic E-state index is 0.104. The number of aromatic amines is 1. The van der Waals surface area contributed by atoms with Crippen LogP contribution in [0.1, 0.15) is 19.4 Å². The summed E-state index contributed by atoms with van der Waals surface area (Å²) in [6.45, 7) is 7.40. The van der Waals surface area contributed by atoms with Crippen LogP contribution in [-0.2, 0) is 9.53 Å². The summed E-state index contributed by atoms with van der Waals surface area (Å²) in [6.07, 6.45) is 0.207. The highest BCUT2D eigenvalue weighted by atomic mass is 32.2. The summed E-state index contributed by atoms with van der Waals surface area (Å²) in [6, 6.07) is 6.11. The van der Waals surface area contributed by atoms with Crippen LogP contribution in [0.4, 0.5) is 0 Å². The Bertz CT molecular complexity index is 675. The molecule has 0 aliphatic carbocycles. The molecule has 2 heterocycles. The topological polar surface area (TPSA) is 58.2 Å². The number of fused-ring (bicyclic) bond motifs is 1. The molecular formula is C16H21N3O2S. The van der Waals surface area contributed by atoms with Crippen molar-refractivity contribution in [3.05, 3.63) is 23.8 Å². The molecule has 118 valence electrons. The summed E-state index contributed by atoms with van der Waals surface area (Å²) in [5.41, 5.74) is 3.15. The second kappa shape index (κ2) is 6.30. The van der Waals surface area contributed by atoms with Crippen LogP contribution in [0.3, 0.4) is 0 Å². The number of thioether (sulfide) groups is 1. The SMILES string of the molecule is Cc1ccc2nc(SCC(=O)N3C[C@@H](C)O[C@H](C)C3)[nH]c2c1. The molecule has 6 heteroatoms. The number of benzene rings is 1. The molecule has 1 aromatic carbocycles. The van der Waals surface area contributed by atoms with Crippen LogP contribution >= 0.6 is 11.8 Å². The molecule has 1 saturated heterocycles. The number of aromatic nitrogens is 2. The minimum Gasteiger partial charge on any atom is -0.372 e. The molecule has 0 unspecified atom stereocenters. The van der Waals surface area contributed by atoms with Gasteiger partial charge in [0.25, 0.3) is 0 Å². The van der Waals surface area contributed by atoms with E-state index in [0.717, 1.165) is 16.2 Å². The summed E-state index contributed by atoms with van der Waals surface area (Å²) in [7, 11) is 0. The normalized spacial score (nSPS) is 22.2. The van der Waals surface area contributed by atoms with Crippen molar-refractivity contribution in [1.29, 1.82) is 0 Å². The number of ether oxygens (including phenoxy) is 1. The van der Waals surface area contributed by atoms with Crippen LogP contribution in [0.2, 0.25) is 0 Å². The predicted octanol–water partition coefficient (Wildman–Crippen LogP) is 2.60. The Balaban J connectivity index is 1.62. The summed E-state index contributed by atoms with van der Waals surface area (Å²) < 4.78 is 5.66. The fourth-order valence-electron chi connectivity index (χ4n) is 2.77. The number of nitrogens with one attached hydrogen (secondary N) is 1. The standard InChI is InChI=1S/C16H21N3O2S/c1-10-4-5-13-14(6-10)18-16(17-13)22-9-15(20)19-7-11(2)21-12(3)8-19/h4-6,11-12H,7-9H2,1-3H3,(H,17,18)/t11-,12-/m1/s1. The van der Waals surface area contributed by atoms with Crippen molar-refractivity contribution in [3.8, 4) is 0 Å². The minimum atomic E-state index is 0.104. The van der Waals surface area contributed by atoms with Gasteiger partial charge in [-0.25, -0.2) is 4.98 Å². The zero-order valence-corrected chi connectivity index (χ0v) is 13.9. The molecule has 1 aliphatic heterocycles. The van der Waals surface area contributed by atoms with Gasteiger partial charge in [-0.3, -0.25) is 4.79 Å². The van der Waals surface area contributed by atoms with Crippen LogP contribution in [-0.4, -0.2) is 51.8 Å². The van der Waals surface area contributed by atoms with E-state index in [4.69, 9.17) is 4.74 Å². The van der Waals surface area contributed by atoms with Gasteiger partial charge in [-0.05, 0) is 38.5 Å². The van der Waals surface area contributed by atoms with Gasteiger partial charge in [-0.15, -0.1) is 0 Å².